The van der Waals surface area contributed by atoms with Crippen molar-refractivity contribution in [3.05, 3.63) is 30.0 Å². The lowest BCUT2D eigenvalue weighted by Gasteiger charge is -2.03. The number of ether oxygens (including phenoxy) is 2. The van der Waals surface area contributed by atoms with Crippen LogP contribution < -0.4 is 4.74 Å². The molecule has 1 aromatic heterocycles. The van der Waals surface area contributed by atoms with Crippen molar-refractivity contribution in [3.63, 3.8) is 0 Å². The van der Waals surface area contributed by atoms with Crippen LogP contribution in [0.4, 0.5) is 0 Å². The summed E-state index contributed by atoms with van der Waals surface area (Å²) in [6, 6.07) is 3.64. The second-order valence-corrected chi connectivity index (χ2v) is 3.72. The Balaban J connectivity index is 2.47. The van der Waals surface area contributed by atoms with Crippen molar-refractivity contribution < 1.29 is 14.3 Å². The molecule has 1 heterocycles. The van der Waals surface area contributed by atoms with Crippen LogP contribution in [-0.2, 0) is 9.53 Å². The van der Waals surface area contributed by atoms with E-state index >= 15 is 0 Å². The van der Waals surface area contributed by atoms with Gasteiger partial charge in [0.15, 0.2) is 0 Å². The molecule has 0 atom stereocenters. The first kappa shape index (κ1) is 14.2. The van der Waals surface area contributed by atoms with Crippen molar-refractivity contribution in [2.24, 2.45) is 0 Å². The zero-order valence-electron chi connectivity index (χ0n) is 10.9. The van der Waals surface area contributed by atoms with Gasteiger partial charge in [-0.2, -0.15) is 0 Å². The minimum atomic E-state index is -0.347. The van der Waals surface area contributed by atoms with Crippen molar-refractivity contribution in [1.29, 1.82) is 0 Å². The highest BCUT2D eigenvalue weighted by Gasteiger charge is 1.96. The molecule has 0 fully saturated rings. The van der Waals surface area contributed by atoms with E-state index in [2.05, 4.69) is 11.9 Å². The lowest BCUT2D eigenvalue weighted by atomic mass is 10.2. The van der Waals surface area contributed by atoms with E-state index in [9.17, 15) is 4.79 Å². The Morgan fingerprint density at radius 1 is 1.39 bits per heavy atom. The van der Waals surface area contributed by atoms with Gasteiger partial charge in [-0.25, -0.2) is 9.78 Å². The van der Waals surface area contributed by atoms with E-state index in [0.29, 0.717) is 19.1 Å². The van der Waals surface area contributed by atoms with Crippen LogP contribution in [0, 0.1) is 0 Å². The smallest absolute Gasteiger partial charge is 0.330 e. The van der Waals surface area contributed by atoms with Gasteiger partial charge in [-0.1, -0.05) is 13.3 Å². The lowest BCUT2D eigenvalue weighted by molar-refractivity contribution is -0.137. The lowest BCUT2D eigenvalue weighted by Crippen LogP contribution is -1.99. The van der Waals surface area contributed by atoms with Crippen molar-refractivity contribution in [3.8, 4) is 5.88 Å². The summed E-state index contributed by atoms with van der Waals surface area (Å²) in [6.07, 6.45) is 6.84. The van der Waals surface area contributed by atoms with Gasteiger partial charge in [0.05, 0.1) is 13.2 Å². The molecular formula is C14H19NO3. The number of unbranched alkanes of at least 4 members (excludes halogenated alkanes) is 1. The maximum absolute atomic E-state index is 11.1. The number of carbonyl (C=O) groups is 1. The number of hydrogen-bond acceptors (Lipinski definition) is 4. The number of pyridine rings is 1. The van der Waals surface area contributed by atoms with Crippen molar-refractivity contribution >= 4 is 12.0 Å². The molecule has 0 bridgehead atoms. The molecule has 0 aliphatic heterocycles. The topological polar surface area (TPSA) is 48.4 Å². The van der Waals surface area contributed by atoms with E-state index in [1.54, 1.807) is 25.3 Å². The van der Waals surface area contributed by atoms with Gasteiger partial charge in [0.2, 0.25) is 5.88 Å². The molecule has 0 unspecified atom stereocenters. The van der Waals surface area contributed by atoms with Crippen LogP contribution >= 0.6 is 0 Å². The summed E-state index contributed by atoms with van der Waals surface area (Å²) in [5.41, 5.74) is 0.839. The third kappa shape index (κ3) is 5.48. The van der Waals surface area contributed by atoms with E-state index in [1.807, 2.05) is 6.07 Å². The molecule has 0 aromatic carbocycles. The fourth-order valence-corrected chi connectivity index (χ4v) is 1.25. The summed E-state index contributed by atoms with van der Waals surface area (Å²) < 4.78 is 10.2. The molecule has 0 amide bonds. The summed E-state index contributed by atoms with van der Waals surface area (Å²) in [4.78, 5) is 15.3. The van der Waals surface area contributed by atoms with E-state index in [4.69, 9.17) is 9.47 Å². The van der Waals surface area contributed by atoms with Gasteiger partial charge in [0.1, 0.15) is 0 Å². The number of esters is 1. The average molecular weight is 249 g/mol. The van der Waals surface area contributed by atoms with Crippen LogP contribution in [0.1, 0.15) is 32.3 Å². The highest BCUT2D eigenvalue weighted by Crippen LogP contribution is 2.09. The highest BCUT2D eigenvalue weighted by atomic mass is 16.5. The second kappa shape index (κ2) is 8.28. The van der Waals surface area contributed by atoms with E-state index < -0.39 is 0 Å². The summed E-state index contributed by atoms with van der Waals surface area (Å²) in [6.45, 7) is 4.95. The zero-order chi connectivity index (χ0) is 13.2. The average Bonchev–Trinajstić information content (AvgIpc) is 2.38. The summed E-state index contributed by atoms with van der Waals surface area (Å²) in [5.74, 6) is 0.262. The Morgan fingerprint density at radius 3 is 2.83 bits per heavy atom. The predicted molar refractivity (Wildman–Crippen MR) is 70.3 cm³/mol. The number of hydrogen-bond donors (Lipinski definition) is 0. The Labute approximate surface area is 108 Å². The Hall–Kier alpha value is -1.84. The predicted octanol–water partition coefficient (Wildman–Crippen LogP) is 2.84. The maximum Gasteiger partial charge on any atom is 0.330 e. The standard InChI is InChI=1S/C14H19NO3/c1-3-5-10-18-13-8-6-12(11-15-13)7-9-14(16)17-4-2/h6-9,11H,3-5,10H2,1-2H3/b9-7+. The molecule has 0 N–H and O–H groups in total. The van der Waals surface area contributed by atoms with Gasteiger partial charge in [-0.3, -0.25) is 0 Å². The molecule has 1 aromatic rings. The minimum Gasteiger partial charge on any atom is -0.478 e. The van der Waals surface area contributed by atoms with E-state index in [-0.39, 0.29) is 5.97 Å². The molecule has 18 heavy (non-hydrogen) atoms. The van der Waals surface area contributed by atoms with Crippen LogP contribution in [0.2, 0.25) is 0 Å². The SMILES string of the molecule is CCCCOc1ccc(/C=C/C(=O)OCC)cn1. The van der Waals surface area contributed by atoms with Gasteiger partial charge < -0.3 is 9.47 Å². The summed E-state index contributed by atoms with van der Waals surface area (Å²) >= 11 is 0. The molecule has 0 saturated heterocycles. The van der Waals surface area contributed by atoms with Crippen molar-refractivity contribution in [2.75, 3.05) is 13.2 Å². The quantitative estimate of drug-likeness (QED) is 0.423. The molecule has 0 aliphatic rings. The first-order chi connectivity index (χ1) is 8.76. The fraction of sp³-hybridized carbons (Fsp3) is 0.429. The first-order valence-corrected chi connectivity index (χ1v) is 6.20. The van der Waals surface area contributed by atoms with Gasteiger partial charge in [-0.05, 0) is 31.1 Å². The van der Waals surface area contributed by atoms with Crippen LogP contribution in [0.15, 0.2) is 24.4 Å². The van der Waals surface area contributed by atoms with Crippen LogP contribution in [0.5, 0.6) is 5.88 Å². The number of rotatable bonds is 7. The Morgan fingerprint density at radius 2 is 2.22 bits per heavy atom. The molecule has 4 nitrogen and oxygen atoms in total. The number of nitrogens with zero attached hydrogens (tertiary/aromatic N) is 1. The summed E-state index contributed by atoms with van der Waals surface area (Å²) in [7, 11) is 0. The van der Waals surface area contributed by atoms with E-state index in [0.717, 1.165) is 18.4 Å². The molecule has 0 spiro atoms. The third-order valence-corrected chi connectivity index (χ3v) is 2.21. The van der Waals surface area contributed by atoms with Crippen LogP contribution in [-0.4, -0.2) is 24.2 Å². The normalized spacial score (nSPS) is 10.6. The van der Waals surface area contributed by atoms with Gasteiger partial charge in [0.25, 0.3) is 0 Å². The molecule has 0 saturated carbocycles. The second-order valence-electron chi connectivity index (χ2n) is 3.72. The van der Waals surface area contributed by atoms with Gasteiger partial charge >= 0.3 is 5.97 Å². The molecule has 0 radical (unpaired) electrons. The van der Waals surface area contributed by atoms with Gasteiger partial charge in [0, 0.05) is 18.3 Å². The monoisotopic (exact) mass is 249 g/mol. The largest absolute Gasteiger partial charge is 0.478 e. The molecule has 1 rings (SSSR count). The minimum absolute atomic E-state index is 0.347. The highest BCUT2D eigenvalue weighted by molar-refractivity contribution is 5.86. The first-order valence-electron chi connectivity index (χ1n) is 6.20. The summed E-state index contributed by atoms with van der Waals surface area (Å²) in [5, 5.41) is 0. The van der Waals surface area contributed by atoms with Gasteiger partial charge in [-0.15, -0.1) is 0 Å². The Bertz CT molecular complexity index is 385. The van der Waals surface area contributed by atoms with Crippen molar-refractivity contribution in [2.45, 2.75) is 26.7 Å². The molecule has 0 aliphatic carbocycles. The van der Waals surface area contributed by atoms with Crippen LogP contribution in [0.3, 0.4) is 0 Å². The molecule has 4 heteroatoms. The van der Waals surface area contributed by atoms with Crippen molar-refractivity contribution in [1.82, 2.24) is 4.98 Å². The Kier molecular flexibility index (Phi) is 6.54. The number of aromatic nitrogens is 1. The number of carbonyl (C=O) groups excluding carboxylic acids is 1. The molecular weight excluding hydrogens is 230 g/mol. The van der Waals surface area contributed by atoms with E-state index in [1.165, 1.54) is 6.08 Å². The fourth-order valence-electron chi connectivity index (χ4n) is 1.25. The molecule has 98 valence electrons. The maximum atomic E-state index is 11.1. The van der Waals surface area contributed by atoms with Crippen LogP contribution in [0.25, 0.3) is 6.08 Å². The zero-order valence-corrected chi connectivity index (χ0v) is 10.9. The third-order valence-electron chi connectivity index (χ3n) is 2.21.